The summed E-state index contributed by atoms with van der Waals surface area (Å²) in [6.07, 6.45) is 1.88. The molecule has 1 amide bonds. The first-order valence-electron chi connectivity index (χ1n) is 5.86. The van der Waals surface area contributed by atoms with E-state index in [2.05, 4.69) is 15.7 Å². The van der Waals surface area contributed by atoms with Gasteiger partial charge < -0.3 is 5.32 Å². The quantitative estimate of drug-likeness (QED) is 0.783. The van der Waals surface area contributed by atoms with Crippen molar-refractivity contribution in [2.45, 2.75) is 32.7 Å². The Morgan fingerprint density at radius 1 is 1.59 bits per heavy atom. The molecule has 5 heteroatoms. The van der Waals surface area contributed by atoms with Gasteiger partial charge in [0.05, 0.1) is 11.0 Å². The first kappa shape index (κ1) is 14.1. The van der Waals surface area contributed by atoms with Gasteiger partial charge in [-0.3, -0.25) is 9.69 Å². The van der Waals surface area contributed by atoms with Crippen LogP contribution in [0.4, 0.5) is 0 Å². The number of nitrogens with zero attached hydrogens (tertiary/aromatic N) is 2. The lowest BCUT2D eigenvalue weighted by Gasteiger charge is -2.18. The first-order chi connectivity index (χ1) is 8.00. The third-order valence-electron chi connectivity index (χ3n) is 2.69. The third kappa shape index (κ3) is 4.83. The molecule has 1 aromatic heterocycles. The minimum absolute atomic E-state index is 0.0721. The topological polar surface area (TPSA) is 45.2 Å². The van der Waals surface area contributed by atoms with Gasteiger partial charge in [0.15, 0.2) is 0 Å². The summed E-state index contributed by atoms with van der Waals surface area (Å²) in [7, 11) is 3.81. The molecule has 1 aromatic rings. The maximum Gasteiger partial charge on any atom is 0.237 e. The number of thiazole rings is 1. The Balaban J connectivity index is 2.18. The highest BCUT2D eigenvalue weighted by Gasteiger charge is 2.13. The fourth-order valence-corrected chi connectivity index (χ4v) is 2.17. The van der Waals surface area contributed by atoms with E-state index in [0.29, 0.717) is 0 Å². The predicted octanol–water partition coefficient (Wildman–Crippen LogP) is 1.45. The van der Waals surface area contributed by atoms with E-state index in [0.717, 1.165) is 30.1 Å². The lowest BCUT2D eigenvalue weighted by Crippen LogP contribution is -2.41. The molecule has 1 atom stereocenters. The summed E-state index contributed by atoms with van der Waals surface area (Å²) in [5.74, 6) is 0.0883. The lowest BCUT2D eigenvalue weighted by molar-refractivity contribution is -0.124. The molecule has 0 bridgehead atoms. The van der Waals surface area contributed by atoms with Gasteiger partial charge in [-0.25, -0.2) is 4.98 Å². The number of likely N-dealkylation sites (N-methyl/N-ethyl adjacent to an activating group) is 1. The van der Waals surface area contributed by atoms with Crippen molar-refractivity contribution in [3.8, 4) is 0 Å². The highest BCUT2D eigenvalue weighted by molar-refractivity contribution is 7.09. The average molecular weight is 255 g/mol. The van der Waals surface area contributed by atoms with Crippen LogP contribution in [0.25, 0.3) is 0 Å². The smallest absolute Gasteiger partial charge is 0.237 e. The Morgan fingerprint density at radius 3 is 2.82 bits per heavy atom. The van der Waals surface area contributed by atoms with Crippen molar-refractivity contribution < 1.29 is 4.79 Å². The molecule has 17 heavy (non-hydrogen) atoms. The van der Waals surface area contributed by atoms with Gasteiger partial charge in [0.1, 0.15) is 0 Å². The van der Waals surface area contributed by atoms with Crippen molar-refractivity contribution in [1.82, 2.24) is 15.2 Å². The minimum atomic E-state index is -0.0721. The van der Waals surface area contributed by atoms with Crippen LogP contribution >= 0.6 is 11.3 Å². The van der Waals surface area contributed by atoms with Gasteiger partial charge >= 0.3 is 0 Å². The number of amides is 1. The molecule has 0 aromatic carbocycles. The van der Waals surface area contributed by atoms with Crippen molar-refractivity contribution >= 4 is 17.2 Å². The summed E-state index contributed by atoms with van der Waals surface area (Å²) in [4.78, 5) is 17.9. The van der Waals surface area contributed by atoms with Crippen LogP contribution in [0, 0.1) is 6.92 Å². The van der Waals surface area contributed by atoms with Crippen LogP contribution in [-0.4, -0.2) is 42.5 Å². The molecule has 4 nitrogen and oxygen atoms in total. The van der Waals surface area contributed by atoms with Crippen LogP contribution < -0.4 is 5.32 Å². The van der Waals surface area contributed by atoms with Gasteiger partial charge in [0, 0.05) is 24.0 Å². The molecule has 1 heterocycles. The van der Waals surface area contributed by atoms with E-state index < -0.39 is 0 Å². The predicted molar refractivity (Wildman–Crippen MR) is 71.3 cm³/mol. The van der Waals surface area contributed by atoms with Gasteiger partial charge in [-0.15, -0.1) is 11.3 Å². The highest BCUT2D eigenvalue weighted by Crippen LogP contribution is 2.10. The molecule has 0 saturated heterocycles. The van der Waals surface area contributed by atoms with Crippen LogP contribution in [0.1, 0.15) is 24.0 Å². The van der Waals surface area contributed by atoms with Crippen LogP contribution in [-0.2, 0) is 11.2 Å². The summed E-state index contributed by atoms with van der Waals surface area (Å²) in [6, 6.07) is -0.0721. The van der Waals surface area contributed by atoms with E-state index in [4.69, 9.17) is 0 Å². The lowest BCUT2D eigenvalue weighted by atomic mass is 10.2. The Labute approximate surface area is 107 Å². The van der Waals surface area contributed by atoms with Crippen LogP contribution in [0.3, 0.4) is 0 Å². The van der Waals surface area contributed by atoms with E-state index in [1.54, 1.807) is 11.3 Å². The van der Waals surface area contributed by atoms with Gasteiger partial charge in [0.25, 0.3) is 0 Å². The van der Waals surface area contributed by atoms with Crippen molar-refractivity contribution in [1.29, 1.82) is 0 Å². The molecule has 0 radical (unpaired) electrons. The zero-order valence-electron chi connectivity index (χ0n) is 11.0. The summed E-state index contributed by atoms with van der Waals surface area (Å²) in [5, 5.41) is 6.15. The van der Waals surface area contributed by atoms with E-state index in [1.165, 1.54) is 0 Å². The number of hydrogen-bond donors (Lipinski definition) is 1. The Hall–Kier alpha value is -0.940. The number of rotatable bonds is 6. The normalized spacial score (nSPS) is 12.8. The molecule has 0 aliphatic heterocycles. The molecule has 1 N–H and O–H groups in total. The van der Waals surface area contributed by atoms with E-state index >= 15 is 0 Å². The van der Waals surface area contributed by atoms with Gasteiger partial charge in [0.2, 0.25) is 5.91 Å². The van der Waals surface area contributed by atoms with E-state index in [1.807, 2.05) is 32.8 Å². The maximum absolute atomic E-state index is 11.6. The summed E-state index contributed by atoms with van der Waals surface area (Å²) in [5.41, 5.74) is 1.08. The number of aryl methyl sites for hydroxylation is 2. The maximum atomic E-state index is 11.6. The molecule has 0 spiro atoms. The molecule has 0 fully saturated rings. The van der Waals surface area contributed by atoms with Crippen LogP contribution in [0.5, 0.6) is 0 Å². The average Bonchev–Trinajstić information content (AvgIpc) is 2.69. The minimum Gasteiger partial charge on any atom is -0.355 e. The van der Waals surface area contributed by atoms with Crippen molar-refractivity contribution in [3.63, 3.8) is 0 Å². The molecule has 0 saturated carbocycles. The Bertz CT molecular complexity index is 362. The Morgan fingerprint density at radius 2 is 2.29 bits per heavy atom. The fraction of sp³-hybridized carbons (Fsp3) is 0.667. The molecular weight excluding hydrogens is 234 g/mol. The van der Waals surface area contributed by atoms with E-state index in [-0.39, 0.29) is 11.9 Å². The second kappa shape index (κ2) is 6.71. The number of hydrogen-bond acceptors (Lipinski definition) is 4. The van der Waals surface area contributed by atoms with Crippen molar-refractivity contribution in [2.24, 2.45) is 0 Å². The first-order valence-corrected chi connectivity index (χ1v) is 6.74. The fourth-order valence-electron chi connectivity index (χ4n) is 1.35. The second-order valence-electron chi connectivity index (χ2n) is 4.42. The number of aromatic nitrogens is 1. The number of carbonyl (C=O) groups excluding carboxylic acids is 1. The number of nitrogens with one attached hydrogen (secondary N) is 1. The molecule has 1 rings (SSSR count). The van der Waals surface area contributed by atoms with Gasteiger partial charge in [-0.2, -0.15) is 0 Å². The zero-order valence-corrected chi connectivity index (χ0v) is 11.8. The molecule has 0 unspecified atom stereocenters. The largest absolute Gasteiger partial charge is 0.355 e. The standard InChI is InChI=1S/C12H21N3OS/c1-9-8-17-11(14-9)6-5-7-13-12(16)10(2)15(3)4/h8,10H,5-7H2,1-4H3,(H,13,16)/t10-/m0/s1. The molecule has 0 aliphatic carbocycles. The Kier molecular flexibility index (Phi) is 5.58. The van der Waals surface area contributed by atoms with Crippen LogP contribution in [0.2, 0.25) is 0 Å². The van der Waals surface area contributed by atoms with Crippen molar-refractivity contribution in [3.05, 3.63) is 16.1 Å². The monoisotopic (exact) mass is 255 g/mol. The molecular formula is C12H21N3OS. The number of carbonyl (C=O) groups is 1. The second-order valence-corrected chi connectivity index (χ2v) is 5.36. The third-order valence-corrected chi connectivity index (χ3v) is 3.71. The summed E-state index contributed by atoms with van der Waals surface area (Å²) < 4.78 is 0. The molecule has 96 valence electrons. The SMILES string of the molecule is Cc1csc(CCCNC(=O)[C@H](C)N(C)C)n1. The highest BCUT2D eigenvalue weighted by atomic mass is 32.1. The summed E-state index contributed by atoms with van der Waals surface area (Å²) >= 11 is 1.69. The zero-order chi connectivity index (χ0) is 12.8. The van der Waals surface area contributed by atoms with Gasteiger partial charge in [-0.05, 0) is 34.4 Å². The molecule has 0 aliphatic rings. The summed E-state index contributed by atoms with van der Waals surface area (Å²) in [6.45, 7) is 4.62. The van der Waals surface area contributed by atoms with Gasteiger partial charge in [-0.1, -0.05) is 0 Å². The van der Waals surface area contributed by atoms with Crippen LogP contribution in [0.15, 0.2) is 5.38 Å². The van der Waals surface area contributed by atoms with Crippen molar-refractivity contribution in [2.75, 3.05) is 20.6 Å². The van der Waals surface area contributed by atoms with E-state index in [9.17, 15) is 4.79 Å².